The monoisotopic (exact) mass is 220 g/mol. The van der Waals surface area contributed by atoms with Crippen molar-refractivity contribution >= 4 is 5.91 Å². The van der Waals surface area contributed by atoms with Crippen LogP contribution in [-0.4, -0.2) is 36.0 Å². The summed E-state index contributed by atoms with van der Waals surface area (Å²) in [6.45, 7) is 3.73. The van der Waals surface area contributed by atoms with E-state index in [1.165, 1.54) is 0 Å². The molecule has 0 spiro atoms. The van der Waals surface area contributed by atoms with Gasteiger partial charge in [0, 0.05) is 18.6 Å². The first kappa shape index (κ1) is 9.90. The summed E-state index contributed by atoms with van der Waals surface area (Å²) in [7, 11) is 0. The highest BCUT2D eigenvalue weighted by Gasteiger charge is 2.40. The maximum atomic E-state index is 12.2. The van der Waals surface area contributed by atoms with Crippen LogP contribution >= 0.6 is 0 Å². The second kappa shape index (κ2) is 3.63. The van der Waals surface area contributed by atoms with Gasteiger partial charge in [0.05, 0.1) is 0 Å². The van der Waals surface area contributed by atoms with E-state index in [4.69, 9.17) is 4.42 Å². The molecule has 16 heavy (non-hydrogen) atoms. The van der Waals surface area contributed by atoms with Crippen LogP contribution in [0.3, 0.4) is 0 Å². The highest BCUT2D eigenvalue weighted by Crippen LogP contribution is 2.26. The molecule has 3 rings (SSSR count). The maximum Gasteiger partial charge on any atom is 0.289 e. The van der Waals surface area contributed by atoms with Crippen molar-refractivity contribution in [2.24, 2.45) is 0 Å². The van der Waals surface area contributed by atoms with E-state index in [9.17, 15) is 4.79 Å². The van der Waals surface area contributed by atoms with Gasteiger partial charge in [0.2, 0.25) is 0 Å². The summed E-state index contributed by atoms with van der Waals surface area (Å²) >= 11 is 0. The number of aryl methyl sites for hydroxylation is 1. The van der Waals surface area contributed by atoms with Gasteiger partial charge in [-0.15, -0.1) is 0 Å². The third kappa shape index (κ3) is 1.45. The zero-order chi connectivity index (χ0) is 11.1. The second-order valence-corrected chi connectivity index (χ2v) is 4.61. The summed E-state index contributed by atoms with van der Waals surface area (Å²) in [4.78, 5) is 14.2. The van der Waals surface area contributed by atoms with Gasteiger partial charge in [-0.05, 0) is 38.4 Å². The molecule has 2 saturated heterocycles. The average Bonchev–Trinajstić information content (AvgIpc) is 2.90. The fraction of sp³-hybridized carbons (Fsp3) is 0.583. The first-order chi connectivity index (χ1) is 7.75. The highest BCUT2D eigenvalue weighted by molar-refractivity contribution is 5.92. The van der Waals surface area contributed by atoms with Crippen LogP contribution in [0.15, 0.2) is 16.5 Å². The highest BCUT2D eigenvalue weighted by atomic mass is 16.3. The summed E-state index contributed by atoms with van der Waals surface area (Å²) in [5, 5.41) is 3.44. The Labute approximate surface area is 94.6 Å². The van der Waals surface area contributed by atoms with Gasteiger partial charge < -0.3 is 14.6 Å². The van der Waals surface area contributed by atoms with E-state index in [0.717, 1.165) is 31.7 Å². The molecule has 1 aromatic rings. The number of hydrogen-bond acceptors (Lipinski definition) is 3. The fourth-order valence-corrected chi connectivity index (χ4v) is 2.81. The van der Waals surface area contributed by atoms with Gasteiger partial charge in [0.1, 0.15) is 5.76 Å². The minimum Gasteiger partial charge on any atom is -0.456 e. The van der Waals surface area contributed by atoms with E-state index in [1.807, 2.05) is 17.9 Å². The number of nitrogens with one attached hydrogen (secondary N) is 1. The zero-order valence-electron chi connectivity index (χ0n) is 9.40. The molecule has 2 unspecified atom stereocenters. The molecule has 0 aromatic carbocycles. The van der Waals surface area contributed by atoms with Crippen LogP contribution in [0.5, 0.6) is 0 Å². The standard InChI is InChI=1S/C12H16N2O2/c1-8-2-3-11(16-8)12(15)14-7-5-9-10(14)4-6-13-9/h2-3,9-10,13H,4-7H2,1H3. The first-order valence-electron chi connectivity index (χ1n) is 5.86. The lowest BCUT2D eigenvalue weighted by atomic mass is 10.1. The summed E-state index contributed by atoms with van der Waals surface area (Å²) < 4.78 is 5.39. The number of likely N-dealkylation sites (tertiary alicyclic amines) is 1. The van der Waals surface area contributed by atoms with Crippen molar-refractivity contribution in [3.05, 3.63) is 23.7 Å². The van der Waals surface area contributed by atoms with E-state index in [2.05, 4.69) is 5.32 Å². The summed E-state index contributed by atoms with van der Waals surface area (Å²) in [5.74, 6) is 1.32. The predicted octanol–water partition coefficient (Wildman–Crippen LogP) is 1.16. The van der Waals surface area contributed by atoms with E-state index in [1.54, 1.807) is 6.07 Å². The van der Waals surface area contributed by atoms with Crippen LogP contribution in [0, 0.1) is 6.92 Å². The van der Waals surface area contributed by atoms with Gasteiger partial charge >= 0.3 is 0 Å². The molecule has 0 aliphatic carbocycles. The van der Waals surface area contributed by atoms with Gasteiger partial charge in [-0.25, -0.2) is 0 Å². The van der Waals surface area contributed by atoms with Gasteiger partial charge in [-0.2, -0.15) is 0 Å². The van der Waals surface area contributed by atoms with Crippen LogP contribution in [0.1, 0.15) is 29.2 Å². The Morgan fingerprint density at radius 1 is 1.50 bits per heavy atom. The lowest BCUT2D eigenvalue weighted by Crippen LogP contribution is -2.38. The molecule has 1 amide bonds. The molecule has 86 valence electrons. The molecule has 1 N–H and O–H groups in total. The minimum atomic E-state index is 0.0456. The van der Waals surface area contributed by atoms with E-state index < -0.39 is 0 Å². The molecule has 0 radical (unpaired) electrons. The number of nitrogens with zero attached hydrogens (tertiary/aromatic N) is 1. The lowest BCUT2D eigenvalue weighted by molar-refractivity contribution is 0.0703. The van der Waals surface area contributed by atoms with Gasteiger partial charge in [0.15, 0.2) is 5.76 Å². The molecule has 2 aliphatic rings. The van der Waals surface area contributed by atoms with E-state index in [0.29, 0.717) is 17.8 Å². The number of carbonyl (C=O) groups excluding carboxylic acids is 1. The third-order valence-electron chi connectivity index (χ3n) is 3.60. The molecular formula is C12H16N2O2. The summed E-state index contributed by atoms with van der Waals surface area (Å²) in [6.07, 6.45) is 2.13. The first-order valence-corrected chi connectivity index (χ1v) is 5.86. The van der Waals surface area contributed by atoms with Gasteiger partial charge in [0.25, 0.3) is 5.91 Å². The Morgan fingerprint density at radius 2 is 2.38 bits per heavy atom. The van der Waals surface area contributed by atoms with E-state index >= 15 is 0 Å². The van der Waals surface area contributed by atoms with Crippen LogP contribution in [-0.2, 0) is 0 Å². The van der Waals surface area contributed by atoms with Crippen molar-refractivity contribution in [2.75, 3.05) is 13.1 Å². The molecular weight excluding hydrogens is 204 g/mol. The molecule has 2 aliphatic heterocycles. The molecule has 2 atom stereocenters. The summed E-state index contributed by atoms with van der Waals surface area (Å²) in [6, 6.07) is 4.49. The largest absolute Gasteiger partial charge is 0.456 e. The van der Waals surface area contributed by atoms with E-state index in [-0.39, 0.29) is 5.91 Å². The van der Waals surface area contributed by atoms with Crippen molar-refractivity contribution < 1.29 is 9.21 Å². The van der Waals surface area contributed by atoms with Crippen molar-refractivity contribution in [3.8, 4) is 0 Å². The predicted molar refractivity (Wildman–Crippen MR) is 59.3 cm³/mol. The van der Waals surface area contributed by atoms with Crippen molar-refractivity contribution in [1.29, 1.82) is 0 Å². The van der Waals surface area contributed by atoms with Crippen LogP contribution < -0.4 is 5.32 Å². The van der Waals surface area contributed by atoms with Gasteiger partial charge in [-0.3, -0.25) is 4.79 Å². The Hall–Kier alpha value is -1.29. The van der Waals surface area contributed by atoms with Crippen LogP contribution in [0.2, 0.25) is 0 Å². The topological polar surface area (TPSA) is 45.5 Å². The zero-order valence-corrected chi connectivity index (χ0v) is 9.40. The number of rotatable bonds is 1. The minimum absolute atomic E-state index is 0.0456. The number of furan rings is 1. The Balaban J connectivity index is 1.80. The Kier molecular flexibility index (Phi) is 2.24. The fourth-order valence-electron chi connectivity index (χ4n) is 2.81. The Bertz CT molecular complexity index is 413. The SMILES string of the molecule is Cc1ccc(C(=O)N2CCC3NCCC32)o1. The molecule has 4 nitrogen and oxygen atoms in total. The van der Waals surface area contributed by atoms with Crippen molar-refractivity contribution in [1.82, 2.24) is 10.2 Å². The molecule has 0 saturated carbocycles. The molecule has 0 bridgehead atoms. The molecule has 1 aromatic heterocycles. The second-order valence-electron chi connectivity index (χ2n) is 4.61. The van der Waals surface area contributed by atoms with Crippen molar-refractivity contribution in [3.63, 3.8) is 0 Å². The lowest BCUT2D eigenvalue weighted by Gasteiger charge is -2.22. The smallest absolute Gasteiger partial charge is 0.289 e. The van der Waals surface area contributed by atoms with Gasteiger partial charge in [-0.1, -0.05) is 0 Å². The molecule has 3 heterocycles. The normalized spacial score (nSPS) is 28.4. The quantitative estimate of drug-likeness (QED) is 0.772. The van der Waals surface area contributed by atoms with Crippen LogP contribution in [0.25, 0.3) is 0 Å². The number of fused-ring (bicyclic) bond motifs is 1. The summed E-state index contributed by atoms with van der Waals surface area (Å²) in [5.41, 5.74) is 0. The van der Waals surface area contributed by atoms with Crippen molar-refractivity contribution in [2.45, 2.75) is 31.8 Å². The Morgan fingerprint density at radius 3 is 3.12 bits per heavy atom. The van der Waals surface area contributed by atoms with Crippen LogP contribution in [0.4, 0.5) is 0 Å². The maximum absolute atomic E-state index is 12.2. The number of hydrogen-bond donors (Lipinski definition) is 1. The third-order valence-corrected chi connectivity index (χ3v) is 3.60. The average molecular weight is 220 g/mol. The number of carbonyl (C=O) groups is 1. The number of amides is 1. The molecule has 2 fully saturated rings. The molecule has 4 heteroatoms.